The number of ether oxygens (including phenoxy) is 1. The second-order valence-electron chi connectivity index (χ2n) is 8.56. The predicted octanol–water partition coefficient (Wildman–Crippen LogP) is 3.98. The third kappa shape index (κ3) is 7.07. The van der Waals surface area contributed by atoms with Crippen LogP contribution in [0.25, 0.3) is 0 Å². The van der Waals surface area contributed by atoms with Gasteiger partial charge in [-0.25, -0.2) is 0 Å². The van der Waals surface area contributed by atoms with Gasteiger partial charge in [-0.2, -0.15) is 0 Å². The van der Waals surface area contributed by atoms with Gasteiger partial charge in [0.1, 0.15) is 11.4 Å². The Bertz CT molecular complexity index is 1390. The maximum absolute atomic E-state index is 12.9. The summed E-state index contributed by atoms with van der Waals surface area (Å²) in [5.74, 6) is -0.459. The molecule has 1 atom stereocenters. The molecular weight excluding hydrogens is 530 g/mol. The molecule has 0 saturated heterocycles. The van der Waals surface area contributed by atoms with E-state index in [1.165, 1.54) is 49.6 Å². The van der Waals surface area contributed by atoms with E-state index >= 15 is 0 Å². The smallest absolute Gasteiger partial charge is 0.296 e. The van der Waals surface area contributed by atoms with E-state index in [9.17, 15) is 29.8 Å². The fourth-order valence-electron chi connectivity index (χ4n) is 3.66. The second-order valence-corrected chi connectivity index (χ2v) is 9.51. The van der Waals surface area contributed by atoms with Gasteiger partial charge in [0.25, 0.3) is 17.3 Å². The average Bonchev–Trinajstić information content (AvgIpc) is 3.32. The van der Waals surface area contributed by atoms with Crippen LogP contribution in [0.4, 0.5) is 17.1 Å². The minimum absolute atomic E-state index is 0.0350. The quantitative estimate of drug-likeness (QED) is 0.187. The molecule has 0 aliphatic rings. The van der Waals surface area contributed by atoms with E-state index in [-0.39, 0.29) is 40.0 Å². The van der Waals surface area contributed by atoms with E-state index in [4.69, 9.17) is 4.74 Å². The third-order valence-corrected chi connectivity index (χ3v) is 6.59. The van der Waals surface area contributed by atoms with Crippen LogP contribution in [0.5, 0.6) is 5.75 Å². The van der Waals surface area contributed by atoms with Gasteiger partial charge in [0.15, 0.2) is 11.0 Å². The van der Waals surface area contributed by atoms with Gasteiger partial charge in [-0.15, -0.1) is 10.2 Å². The number of rotatable bonds is 12. The summed E-state index contributed by atoms with van der Waals surface area (Å²) >= 11 is 1.09. The Morgan fingerprint density at radius 3 is 2.46 bits per heavy atom. The standard InChI is InChI=1S/C24H27N7O7S/c1-5-29-22(21(14(2)3)26-23(33)15-7-6-8-16(11-15)30(34)35)27-28-24(29)39-13-20(32)25-18-10-9-17(38-4)12-19(18)31(36)37/h6-12,14,21H,5,13H2,1-4H3,(H,25,32)(H,26,33)/t21-/m0/s1. The summed E-state index contributed by atoms with van der Waals surface area (Å²) in [5.41, 5.74) is -0.326. The van der Waals surface area contributed by atoms with Crippen molar-refractivity contribution in [2.45, 2.75) is 38.5 Å². The van der Waals surface area contributed by atoms with Gasteiger partial charge in [0, 0.05) is 24.2 Å². The van der Waals surface area contributed by atoms with E-state index in [0.29, 0.717) is 17.5 Å². The number of nitrogens with one attached hydrogen (secondary N) is 2. The van der Waals surface area contributed by atoms with E-state index in [2.05, 4.69) is 20.8 Å². The van der Waals surface area contributed by atoms with Crippen molar-refractivity contribution in [2.75, 3.05) is 18.2 Å². The van der Waals surface area contributed by atoms with E-state index in [1.807, 2.05) is 20.8 Å². The molecule has 0 radical (unpaired) electrons. The Kier molecular flexibility index (Phi) is 9.54. The topological polar surface area (TPSA) is 184 Å². The molecule has 0 bridgehead atoms. The van der Waals surface area contributed by atoms with Gasteiger partial charge in [-0.05, 0) is 31.0 Å². The van der Waals surface area contributed by atoms with Crippen molar-refractivity contribution in [2.24, 2.45) is 5.92 Å². The zero-order valence-corrected chi connectivity index (χ0v) is 22.4. The van der Waals surface area contributed by atoms with Crippen LogP contribution in [0, 0.1) is 26.1 Å². The summed E-state index contributed by atoms with van der Waals surface area (Å²) in [5, 5.41) is 36.7. The number of non-ortho nitro benzene ring substituents is 1. The Hall–Kier alpha value is -4.53. The normalized spacial score (nSPS) is 11.6. The van der Waals surface area contributed by atoms with Crippen molar-refractivity contribution in [3.05, 3.63) is 74.1 Å². The molecule has 0 fully saturated rings. The number of nitrogens with zero attached hydrogens (tertiary/aromatic N) is 5. The highest BCUT2D eigenvalue weighted by Gasteiger charge is 2.27. The molecule has 0 spiro atoms. The van der Waals surface area contributed by atoms with Crippen molar-refractivity contribution >= 4 is 40.6 Å². The first kappa shape index (κ1) is 29.0. The van der Waals surface area contributed by atoms with Crippen molar-refractivity contribution in [1.29, 1.82) is 0 Å². The minimum Gasteiger partial charge on any atom is -0.496 e. The number of carbonyl (C=O) groups is 2. The number of nitro benzene ring substituents is 2. The molecule has 0 unspecified atom stereocenters. The third-order valence-electron chi connectivity index (χ3n) is 5.62. The van der Waals surface area contributed by atoms with Crippen molar-refractivity contribution in [3.63, 3.8) is 0 Å². The summed E-state index contributed by atoms with van der Waals surface area (Å²) in [7, 11) is 1.38. The number of carbonyl (C=O) groups excluding carboxylic acids is 2. The van der Waals surface area contributed by atoms with Crippen LogP contribution in [0.2, 0.25) is 0 Å². The number of amides is 2. The maximum atomic E-state index is 12.9. The van der Waals surface area contributed by atoms with Gasteiger partial charge < -0.3 is 19.9 Å². The van der Waals surface area contributed by atoms with Gasteiger partial charge >= 0.3 is 0 Å². The molecule has 1 aromatic heterocycles. The number of nitro groups is 2. The molecule has 3 rings (SSSR count). The van der Waals surface area contributed by atoms with Crippen molar-refractivity contribution in [1.82, 2.24) is 20.1 Å². The molecule has 15 heteroatoms. The van der Waals surface area contributed by atoms with Crippen LogP contribution < -0.4 is 15.4 Å². The molecule has 2 aromatic carbocycles. The fourth-order valence-corrected chi connectivity index (χ4v) is 4.47. The zero-order chi connectivity index (χ0) is 28.7. The Morgan fingerprint density at radius 1 is 1.10 bits per heavy atom. The SMILES string of the molecule is CCn1c(SCC(=O)Nc2ccc(OC)cc2[N+](=O)[O-])nnc1[C@@H](NC(=O)c1cccc([N+](=O)[O-])c1)C(C)C. The first-order valence-corrected chi connectivity index (χ1v) is 12.8. The van der Waals surface area contributed by atoms with Gasteiger partial charge in [0.2, 0.25) is 5.91 Å². The zero-order valence-electron chi connectivity index (χ0n) is 21.6. The van der Waals surface area contributed by atoms with Crippen molar-refractivity contribution in [3.8, 4) is 5.75 Å². The highest BCUT2D eigenvalue weighted by molar-refractivity contribution is 7.99. The van der Waals surface area contributed by atoms with Gasteiger partial charge in [-0.1, -0.05) is 31.7 Å². The first-order chi connectivity index (χ1) is 18.5. The molecule has 14 nitrogen and oxygen atoms in total. The number of thioether (sulfide) groups is 1. The number of benzene rings is 2. The fraction of sp³-hybridized carbons (Fsp3) is 0.333. The Balaban J connectivity index is 1.74. The molecule has 0 aliphatic heterocycles. The van der Waals surface area contributed by atoms with Crippen LogP contribution in [0.15, 0.2) is 47.6 Å². The maximum Gasteiger partial charge on any atom is 0.296 e. The summed E-state index contributed by atoms with van der Waals surface area (Å²) in [6.45, 7) is 6.06. The summed E-state index contributed by atoms with van der Waals surface area (Å²) in [4.78, 5) is 46.8. The van der Waals surface area contributed by atoms with Gasteiger partial charge in [-0.3, -0.25) is 29.8 Å². The number of hydrogen-bond acceptors (Lipinski definition) is 10. The second kappa shape index (κ2) is 12.8. The van der Waals surface area contributed by atoms with Gasteiger partial charge in [0.05, 0.1) is 34.8 Å². The number of aromatic nitrogens is 3. The lowest BCUT2D eigenvalue weighted by Gasteiger charge is -2.22. The lowest BCUT2D eigenvalue weighted by Crippen LogP contribution is -2.33. The largest absolute Gasteiger partial charge is 0.496 e. The summed E-state index contributed by atoms with van der Waals surface area (Å²) < 4.78 is 6.76. The predicted molar refractivity (Wildman–Crippen MR) is 143 cm³/mol. The Morgan fingerprint density at radius 2 is 1.85 bits per heavy atom. The Labute approximate surface area is 227 Å². The number of hydrogen-bond donors (Lipinski definition) is 2. The molecule has 2 amide bonds. The van der Waals surface area contributed by atoms with E-state index in [0.717, 1.165) is 11.8 Å². The number of methoxy groups -OCH3 is 1. The molecular formula is C24H27N7O7S. The van der Waals surface area contributed by atoms with Crippen molar-refractivity contribution < 1.29 is 24.2 Å². The van der Waals surface area contributed by atoms with Crippen LogP contribution in [0.3, 0.4) is 0 Å². The highest BCUT2D eigenvalue weighted by atomic mass is 32.2. The molecule has 0 saturated carbocycles. The lowest BCUT2D eigenvalue weighted by molar-refractivity contribution is -0.384. The summed E-state index contributed by atoms with van der Waals surface area (Å²) in [6.07, 6.45) is 0. The summed E-state index contributed by atoms with van der Waals surface area (Å²) in [6, 6.07) is 8.96. The molecule has 1 heterocycles. The molecule has 2 N–H and O–H groups in total. The minimum atomic E-state index is -0.612. The molecule has 3 aromatic rings. The van der Waals surface area contributed by atoms with E-state index in [1.54, 1.807) is 4.57 Å². The van der Waals surface area contributed by atoms with Crippen LogP contribution >= 0.6 is 11.8 Å². The average molecular weight is 558 g/mol. The van der Waals surface area contributed by atoms with Crippen LogP contribution in [0.1, 0.15) is 43.0 Å². The first-order valence-electron chi connectivity index (χ1n) is 11.8. The molecule has 39 heavy (non-hydrogen) atoms. The lowest BCUT2D eigenvalue weighted by atomic mass is 10.0. The monoisotopic (exact) mass is 557 g/mol. The molecule has 0 aliphatic carbocycles. The van der Waals surface area contributed by atoms with E-state index < -0.39 is 27.7 Å². The number of anilines is 1. The highest BCUT2D eigenvalue weighted by Crippen LogP contribution is 2.30. The molecule has 206 valence electrons. The van der Waals surface area contributed by atoms with Crippen LogP contribution in [-0.4, -0.2) is 49.3 Å². The van der Waals surface area contributed by atoms with Crippen LogP contribution in [-0.2, 0) is 11.3 Å².